The smallest absolute Gasteiger partial charge is 0.484 e. The number of guanidine groups is 3. The molecule has 9 aliphatic heterocycles. The van der Waals surface area contributed by atoms with E-state index in [-0.39, 0.29) is 35.6 Å². The van der Waals surface area contributed by atoms with Crippen molar-refractivity contribution < 1.29 is 52.9 Å². The van der Waals surface area contributed by atoms with E-state index in [4.69, 9.17) is 65.7 Å². The van der Waals surface area contributed by atoms with Crippen LogP contribution in [0.5, 0.6) is 17.2 Å². The second-order valence-electron chi connectivity index (χ2n) is 26.4. The van der Waals surface area contributed by atoms with Crippen molar-refractivity contribution >= 4 is 96.8 Å². The van der Waals surface area contributed by atoms with Crippen LogP contribution in [0.25, 0.3) is 55.0 Å². The number of H-pyrrole nitrogens is 3. The molecule has 9 aromatic rings. The van der Waals surface area contributed by atoms with Gasteiger partial charge in [0.25, 0.3) is 17.7 Å². The van der Waals surface area contributed by atoms with Gasteiger partial charge >= 0.3 is 7.12 Å². The van der Waals surface area contributed by atoms with E-state index in [2.05, 4.69) is 63.6 Å². The van der Waals surface area contributed by atoms with Crippen molar-refractivity contribution in [3.05, 3.63) is 149 Å². The Kier molecular flexibility index (Phi) is 15.8. The molecule has 3 fully saturated rings. The fraction of sp³-hybridized carbons (Fsp3) is 0.348. The fourth-order valence-electron chi connectivity index (χ4n) is 15.1. The maximum Gasteiger partial charge on any atom is 0.488 e. The first-order chi connectivity index (χ1) is 46.7. The van der Waals surface area contributed by atoms with Gasteiger partial charge in [-0.15, -0.1) is 0 Å². The Hall–Kier alpha value is -9.71. The Morgan fingerprint density at radius 2 is 0.804 bits per heavy atom. The number of fused-ring (bicyclic) bond motifs is 9. The van der Waals surface area contributed by atoms with Crippen LogP contribution in [-0.2, 0) is 45.2 Å². The highest BCUT2D eigenvalue weighted by Crippen LogP contribution is 2.55. The lowest BCUT2D eigenvalue weighted by molar-refractivity contribution is -0.139. The summed E-state index contributed by atoms with van der Waals surface area (Å²) < 4.78 is 37.3. The molecule has 6 atom stereocenters. The number of likely N-dealkylation sites (N-methyl/N-ethyl adjacent to an activating group) is 3. The van der Waals surface area contributed by atoms with Crippen LogP contribution in [0.2, 0.25) is 0 Å². The highest BCUT2D eigenvalue weighted by Gasteiger charge is 2.61. The third-order valence-corrected chi connectivity index (χ3v) is 20.5. The molecule has 0 radical (unpaired) electrons. The number of halogens is 1. The SMILES string of the molecule is CN1C(=O)C2(CC3(CCCOC3)Oc3ccc(Br)cc32)N=C1N.CN1C(=O)[C@@]2(C[C@@]3(CCCOC3)Oc3ccc(-c4ccc5cn[nH]c5c4)cc32)N=C1N.CN1C(=O)[C@@]2(C[C@]3(CCCOC3)Oc3ccc(-c4ccc5cn[nH]c5c4)cc32)N=C1N.OB(O)c1ccc2cn[nH]c2c1. The van der Waals surface area contributed by atoms with Crippen molar-refractivity contribution in [2.24, 2.45) is 32.2 Å². The molecule has 0 saturated carbocycles. The number of hydrogen-bond donors (Lipinski definition) is 8. The molecule has 28 heteroatoms. The second kappa shape index (κ2) is 24.1. The van der Waals surface area contributed by atoms with E-state index >= 15 is 0 Å². The van der Waals surface area contributed by atoms with Crippen LogP contribution in [0.4, 0.5) is 0 Å². The van der Waals surface area contributed by atoms with E-state index < -0.39 is 40.5 Å². The lowest BCUT2D eigenvalue weighted by atomic mass is 9.74. The van der Waals surface area contributed by atoms with Crippen molar-refractivity contribution in [1.82, 2.24) is 45.3 Å². The standard InChI is InChI=1S/2C23H23N5O3.C16H18BrN3O3.C7H7BN2O2/c2*1-28-20(29)23(26-21(28)24)12-22(7-2-8-30-13-22)31-19-6-5-14(9-17(19)23)15-3-4-16-11-25-27-18(16)10-15;1-20-13(21)16(19-14(20)18)8-15(5-2-6-22-9-15)23-12-4-3-10(17)7-11(12)16;11-8(12)6-2-1-5-4-9-10-7(5)3-6/h2*3-6,9-11H,2,7-8,12-13H2,1H3,(H2,24,26)(H,25,27);3-4,7H,2,5-6,8-9H2,1H3,(H2,18,19);1-4,11-12H,(H,9,10)/t22-,23+;22-,23-;;/m10../s1. The van der Waals surface area contributed by atoms with Crippen LogP contribution in [-0.4, -0.2) is 176 Å². The van der Waals surface area contributed by atoms with Gasteiger partial charge in [-0.2, -0.15) is 15.3 Å². The summed E-state index contributed by atoms with van der Waals surface area (Å²) in [6.45, 7) is 3.50. The van der Waals surface area contributed by atoms with E-state index in [9.17, 15) is 14.4 Å². The number of benzene rings is 6. The quantitative estimate of drug-likeness (QED) is 0.0927. The number of aromatic amines is 3. The molecule has 3 aromatic heterocycles. The van der Waals surface area contributed by atoms with Gasteiger partial charge in [-0.25, -0.2) is 15.0 Å². The van der Waals surface area contributed by atoms with Crippen molar-refractivity contribution in [2.75, 3.05) is 60.8 Å². The minimum absolute atomic E-state index is 0.109. The van der Waals surface area contributed by atoms with E-state index in [0.29, 0.717) is 75.0 Å². The van der Waals surface area contributed by atoms with Crippen molar-refractivity contribution in [1.29, 1.82) is 0 Å². The van der Waals surface area contributed by atoms with Gasteiger partial charge in [0.1, 0.15) is 34.1 Å². The highest BCUT2D eigenvalue weighted by atomic mass is 79.9. The van der Waals surface area contributed by atoms with Gasteiger partial charge in [-0.3, -0.25) is 44.4 Å². The Morgan fingerprint density at radius 3 is 1.15 bits per heavy atom. The number of carbonyl (C=O) groups is 3. The lowest BCUT2D eigenvalue weighted by Gasteiger charge is -2.46. The molecule has 26 nitrogen and oxygen atoms in total. The summed E-state index contributed by atoms with van der Waals surface area (Å²) in [5.41, 5.74) is 22.8. The number of nitrogens with two attached hydrogens (primary N) is 3. The van der Waals surface area contributed by atoms with Gasteiger partial charge in [0.15, 0.2) is 34.5 Å². The number of ether oxygens (including phenoxy) is 6. The van der Waals surface area contributed by atoms with Crippen molar-refractivity contribution in [3.63, 3.8) is 0 Å². The van der Waals surface area contributed by atoms with Crippen LogP contribution in [0.15, 0.2) is 147 Å². The molecule has 0 aliphatic carbocycles. The minimum Gasteiger partial charge on any atom is -0.484 e. The average Bonchev–Trinajstić information content (AvgIpc) is 1.69. The molecule has 11 N–H and O–H groups in total. The largest absolute Gasteiger partial charge is 0.488 e. The van der Waals surface area contributed by atoms with Gasteiger partial charge in [0.05, 0.1) is 55.0 Å². The van der Waals surface area contributed by atoms with E-state index in [1.807, 2.05) is 78.9 Å². The maximum absolute atomic E-state index is 13.5. The van der Waals surface area contributed by atoms with Crippen LogP contribution >= 0.6 is 15.9 Å². The Labute approximate surface area is 564 Å². The minimum atomic E-state index is -1.42. The summed E-state index contributed by atoms with van der Waals surface area (Å²) in [5.74, 6) is 2.37. The Morgan fingerprint density at radius 1 is 0.464 bits per heavy atom. The van der Waals surface area contributed by atoms with Crippen LogP contribution in [0.3, 0.4) is 0 Å². The van der Waals surface area contributed by atoms with Crippen LogP contribution < -0.4 is 36.9 Å². The Bertz CT molecular complexity index is 4530. The zero-order chi connectivity index (χ0) is 67.2. The highest BCUT2D eigenvalue weighted by molar-refractivity contribution is 9.10. The molecule has 498 valence electrons. The van der Waals surface area contributed by atoms with Crippen LogP contribution in [0, 0.1) is 0 Å². The number of aromatic nitrogens is 6. The first-order valence-electron chi connectivity index (χ1n) is 32.2. The topological polar surface area (TPSA) is 358 Å². The van der Waals surface area contributed by atoms with E-state index in [0.717, 1.165) is 121 Å². The monoisotopic (exact) mass is 1380 g/mol. The first-order valence-corrected chi connectivity index (χ1v) is 33.0. The van der Waals surface area contributed by atoms with Crippen molar-refractivity contribution in [2.45, 2.75) is 91.2 Å². The molecular formula is C69H71BBrN15O11. The van der Waals surface area contributed by atoms with Crippen LogP contribution in [0.1, 0.15) is 74.5 Å². The molecule has 12 heterocycles. The summed E-state index contributed by atoms with van der Waals surface area (Å²) in [5, 5.41) is 41.5. The molecular weight excluding hydrogens is 1310 g/mol. The van der Waals surface area contributed by atoms with E-state index in [1.54, 1.807) is 57.9 Å². The molecule has 6 aromatic carbocycles. The van der Waals surface area contributed by atoms with Gasteiger partial charge in [0.2, 0.25) is 0 Å². The molecule has 6 spiro atoms. The number of amides is 3. The number of aliphatic imine (C=N–C) groups is 3. The molecule has 3 amide bonds. The van der Waals surface area contributed by atoms with Gasteiger partial charge in [-0.05, 0) is 127 Å². The molecule has 18 rings (SSSR count). The van der Waals surface area contributed by atoms with Gasteiger partial charge in [-0.1, -0.05) is 64.5 Å². The average molecular weight is 1380 g/mol. The van der Waals surface area contributed by atoms with Gasteiger partial charge < -0.3 is 55.7 Å². The third kappa shape index (κ3) is 11.0. The third-order valence-electron chi connectivity index (χ3n) is 20.0. The Balaban J connectivity index is 0.000000111. The number of hydrogen-bond acceptors (Lipinski definition) is 20. The number of nitrogens with one attached hydrogen (secondary N) is 3. The molecule has 9 aliphatic rings. The maximum atomic E-state index is 13.5. The summed E-state index contributed by atoms with van der Waals surface area (Å²) >= 11 is 3.47. The summed E-state index contributed by atoms with van der Waals surface area (Å²) in [4.78, 5) is 58.3. The molecule has 2 unspecified atom stereocenters. The first kappa shape index (κ1) is 63.4. The van der Waals surface area contributed by atoms with E-state index in [1.165, 1.54) is 14.7 Å². The molecule has 3 saturated heterocycles. The zero-order valence-electron chi connectivity index (χ0n) is 53.5. The zero-order valence-corrected chi connectivity index (χ0v) is 55.1. The predicted molar refractivity (Wildman–Crippen MR) is 365 cm³/mol. The number of nitrogens with zero attached hydrogens (tertiary/aromatic N) is 9. The fourth-order valence-corrected chi connectivity index (χ4v) is 15.5. The predicted octanol–water partition coefficient (Wildman–Crippen LogP) is 6.09. The summed E-state index contributed by atoms with van der Waals surface area (Å²) in [6, 6.07) is 35.0. The van der Waals surface area contributed by atoms with Gasteiger partial charge in [0, 0.05) is 97.5 Å². The van der Waals surface area contributed by atoms with Crippen molar-refractivity contribution in [3.8, 4) is 39.5 Å². The summed E-state index contributed by atoms with van der Waals surface area (Å²) in [6.07, 6.45) is 11.7. The second-order valence-corrected chi connectivity index (χ2v) is 27.3. The number of carbonyl (C=O) groups excluding carboxylic acids is 3. The summed E-state index contributed by atoms with van der Waals surface area (Å²) in [7, 11) is 3.58. The molecule has 0 bridgehead atoms. The normalized spacial score (nSPS) is 26.7. The number of rotatable bonds is 3. The molecule has 97 heavy (non-hydrogen) atoms. The lowest BCUT2D eigenvalue weighted by Crippen LogP contribution is -2.55.